The molecule has 18 heavy (non-hydrogen) atoms. The number of fused-ring (bicyclic) bond motifs is 2. The van der Waals surface area contributed by atoms with Crippen LogP contribution in [-0.4, -0.2) is 13.1 Å². The molecule has 87 valence electrons. The van der Waals surface area contributed by atoms with Crippen molar-refractivity contribution in [3.8, 4) is 0 Å². The van der Waals surface area contributed by atoms with Gasteiger partial charge in [0.05, 0.1) is 12.7 Å². The monoisotopic (exact) mass is 235 g/mol. The van der Waals surface area contributed by atoms with Gasteiger partial charge < -0.3 is 4.74 Å². The molecule has 3 aromatic rings. The Balaban J connectivity index is 2.27. The fourth-order valence-electron chi connectivity index (χ4n) is 2.09. The van der Waals surface area contributed by atoms with Crippen LogP contribution in [0.3, 0.4) is 0 Å². The first-order valence-electron chi connectivity index (χ1n) is 5.71. The SMILES string of the molecule is COC(=O)c1[c]c2cc3ccccc3cc2cc1. The maximum Gasteiger partial charge on any atom is 0.338 e. The first-order valence-corrected chi connectivity index (χ1v) is 5.71. The Morgan fingerprint density at radius 2 is 1.72 bits per heavy atom. The van der Waals surface area contributed by atoms with Gasteiger partial charge in [-0.1, -0.05) is 30.3 Å². The average molecular weight is 235 g/mol. The normalized spacial score (nSPS) is 10.7. The van der Waals surface area contributed by atoms with E-state index in [4.69, 9.17) is 4.74 Å². The Hall–Kier alpha value is -2.35. The fourth-order valence-corrected chi connectivity index (χ4v) is 2.09. The van der Waals surface area contributed by atoms with Crippen molar-refractivity contribution >= 4 is 27.5 Å². The Morgan fingerprint density at radius 3 is 2.44 bits per heavy atom. The highest BCUT2D eigenvalue weighted by molar-refractivity contribution is 6.01. The number of ether oxygens (including phenoxy) is 1. The lowest BCUT2D eigenvalue weighted by Gasteiger charge is -2.04. The number of benzene rings is 3. The summed E-state index contributed by atoms with van der Waals surface area (Å²) in [6.07, 6.45) is 0. The van der Waals surface area contributed by atoms with Crippen molar-refractivity contribution in [1.29, 1.82) is 0 Å². The molecule has 0 aliphatic heterocycles. The second-order valence-corrected chi connectivity index (χ2v) is 4.15. The summed E-state index contributed by atoms with van der Waals surface area (Å²) in [6, 6.07) is 19.0. The molecule has 2 nitrogen and oxygen atoms in total. The molecule has 0 bridgehead atoms. The molecule has 0 heterocycles. The van der Waals surface area contributed by atoms with Crippen molar-refractivity contribution in [3.63, 3.8) is 0 Å². The van der Waals surface area contributed by atoms with E-state index in [-0.39, 0.29) is 5.97 Å². The largest absolute Gasteiger partial charge is 0.465 e. The van der Waals surface area contributed by atoms with Crippen LogP contribution >= 0.6 is 0 Å². The predicted octanol–water partition coefficient (Wildman–Crippen LogP) is 3.58. The maximum atomic E-state index is 11.5. The minimum Gasteiger partial charge on any atom is -0.465 e. The van der Waals surface area contributed by atoms with Crippen molar-refractivity contribution in [2.45, 2.75) is 0 Å². The minimum atomic E-state index is -0.356. The van der Waals surface area contributed by atoms with Gasteiger partial charge in [0.1, 0.15) is 0 Å². The zero-order valence-corrected chi connectivity index (χ0v) is 9.94. The zero-order chi connectivity index (χ0) is 12.5. The maximum absolute atomic E-state index is 11.5. The molecular formula is C16H11O2. The number of carbonyl (C=O) groups excluding carboxylic acids is 1. The van der Waals surface area contributed by atoms with Crippen LogP contribution in [0.25, 0.3) is 21.5 Å². The Morgan fingerprint density at radius 1 is 1.00 bits per heavy atom. The summed E-state index contributed by atoms with van der Waals surface area (Å²) in [5.74, 6) is -0.356. The Labute approximate surface area is 105 Å². The highest BCUT2D eigenvalue weighted by atomic mass is 16.5. The average Bonchev–Trinajstić information content (AvgIpc) is 2.43. The second-order valence-electron chi connectivity index (χ2n) is 4.15. The summed E-state index contributed by atoms with van der Waals surface area (Å²) < 4.78 is 4.70. The van der Waals surface area contributed by atoms with Gasteiger partial charge in [-0.25, -0.2) is 4.79 Å². The van der Waals surface area contributed by atoms with Gasteiger partial charge >= 0.3 is 5.97 Å². The number of rotatable bonds is 1. The lowest BCUT2D eigenvalue weighted by atomic mass is 10.0. The third-order valence-electron chi connectivity index (χ3n) is 3.02. The number of hydrogen-bond acceptors (Lipinski definition) is 2. The topological polar surface area (TPSA) is 26.3 Å². The van der Waals surface area contributed by atoms with E-state index in [0.29, 0.717) is 5.56 Å². The van der Waals surface area contributed by atoms with E-state index in [1.807, 2.05) is 30.3 Å². The molecule has 3 rings (SSSR count). The van der Waals surface area contributed by atoms with E-state index in [9.17, 15) is 4.79 Å². The molecular weight excluding hydrogens is 224 g/mol. The van der Waals surface area contributed by atoms with Crippen LogP contribution in [0.4, 0.5) is 0 Å². The van der Waals surface area contributed by atoms with Gasteiger partial charge in [-0.15, -0.1) is 0 Å². The summed E-state index contributed by atoms with van der Waals surface area (Å²) >= 11 is 0. The van der Waals surface area contributed by atoms with Gasteiger partial charge in [0.25, 0.3) is 0 Å². The molecule has 0 saturated heterocycles. The lowest BCUT2D eigenvalue weighted by molar-refractivity contribution is 0.0600. The minimum absolute atomic E-state index is 0.356. The third-order valence-corrected chi connectivity index (χ3v) is 3.02. The van der Waals surface area contributed by atoms with Crippen molar-refractivity contribution in [2.24, 2.45) is 0 Å². The van der Waals surface area contributed by atoms with Gasteiger partial charge in [-0.2, -0.15) is 0 Å². The summed E-state index contributed by atoms with van der Waals surface area (Å²) in [4.78, 5) is 11.5. The van der Waals surface area contributed by atoms with Crippen LogP contribution < -0.4 is 0 Å². The van der Waals surface area contributed by atoms with Crippen LogP contribution in [0.15, 0.2) is 48.5 Å². The van der Waals surface area contributed by atoms with Crippen LogP contribution in [0.1, 0.15) is 10.4 Å². The molecule has 0 atom stereocenters. The predicted molar refractivity (Wildman–Crippen MR) is 71.6 cm³/mol. The van der Waals surface area contributed by atoms with Crippen LogP contribution in [0.2, 0.25) is 0 Å². The first kappa shape index (κ1) is 10.8. The van der Waals surface area contributed by atoms with Gasteiger partial charge in [0, 0.05) is 6.07 Å². The summed E-state index contributed by atoms with van der Waals surface area (Å²) in [5, 5.41) is 4.32. The van der Waals surface area contributed by atoms with Crippen molar-refractivity contribution < 1.29 is 9.53 Å². The highest BCUT2D eigenvalue weighted by Gasteiger charge is 2.06. The smallest absolute Gasteiger partial charge is 0.338 e. The van der Waals surface area contributed by atoms with E-state index in [0.717, 1.165) is 16.2 Å². The standard InChI is InChI=1S/C16H11O2/c1-18-16(17)14-7-6-13-8-11-4-2-3-5-12(11)9-15(13)10-14/h2-9H,1H3. The Bertz CT molecular complexity index is 744. The molecule has 0 spiro atoms. The van der Waals surface area contributed by atoms with Crippen molar-refractivity contribution in [1.82, 2.24) is 0 Å². The molecule has 2 heteroatoms. The molecule has 0 fully saturated rings. The molecule has 0 amide bonds. The molecule has 1 radical (unpaired) electrons. The third kappa shape index (κ3) is 1.72. The molecule has 3 aromatic carbocycles. The molecule has 0 aliphatic rings. The molecule has 0 unspecified atom stereocenters. The van der Waals surface area contributed by atoms with Crippen molar-refractivity contribution in [2.75, 3.05) is 7.11 Å². The van der Waals surface area contributed by atoms with E-state index < -0.39 is 0 Å². The van der Waals surface area contributed by atoms with Gasteiger partial charge in [0.2, 0.25) is 0 Å². The van der Waals surface area contributed by atoms with Gasteiger partial charge in [-0.05, 0) is 39.7 Å². The lowest BCUT2D eigenvalue weighted by Crippen LogP contribution is -2.00. The molecule has 0 aromatic heterocycles. The fraction of sp³-hybridized carbons (Fsp3) is 0.0625. The van der Waals surface area contributed by atoms with Crippen LogP contribution in [-0.2, 0) is 4.74 Å². The van der Waals surface area contributed by atoms with Crippen LogP contribution in [0.5, 0.6) is 0 Å². The number of carbonyl (C=O) groups is 1. The van der Waals surface area contributed by atoms with E-state index in [1.165, 1.54) is 12.5 Å². The number of esters is 1. The number of hydrogen-bond donors (Lipinski definition) is 0. The quantitative estimate of drug-likeness (QED) is 0.476. The van der Waals surface area contributed by atoms with E-state index >= 15 is 0 Å². The van der Waals surface area contributed by atoms with Crippen molar-refractivity contribution in [3.05, 3.63) is 60.2 Å². The van der Waals surface area contributed by atoms with Gasteiger partial charge in [0.15, 0.2) is 0 Å². The molecule has 0 N–H and O–H groups in total. The highest BCUT2D eigenvalue weighted by Crippen LogP contribution is 2.23. The summed E-state index contributed by atoms with van der Waals surface area (Å²) in [7, 11) is 1.38. The molecule has 0 aliphatic carbocycles. The molecule has 0 saturated carbocycles. The van der Waals surface area contributed by atoms with E-state index in [1.54, 1.807) is 6.07 Å². The first-order chi connectivity index (χ1) is 8.78. The van der Waals surface area contributed by atoms with E-state index in [2.05, 4.69) is 18.2 Å². The second kappa shape index (κ2) is 4.15. The summed E-state index contributed by atoms with van der Waals surface area (Å²) in [5.41, 5.74) is 0.459. The van der Waals surface area contributed by atoms with Gasteiger partial charge in [-0.3, -0.25) is 0 Å². The number of methoxy groups -OCH3 is 1. The zero-order valence-electron chi connectivity index (χ0n) is 9.94. The summed E-state index contributed by atoms with van der Waals surface area (Å²) in [6.45, 7) is 0. The Kier molecular flexibility index (Phi) is 2.49. The van der Waals surface area contributed by atoms with Crippen LogP contribution in [0, 0.1) is 6.07 Å².